The number of nitrogens with two attached hydrogens (primary N) is 1. The molecule has 2 rings (SSSR count). The summed E-state index contributed by atoms with van der Waals surface area (Å²) in [5.74, 6) is -1.36. The van der Waals surface area contributed by atoms with Gasteiger partial charge in [0.15, 0.2) is 0 Å². The lowest BCUT2D eigenvalue weighted by Gasteiger charge is -2.17. The van der Waals surface area contributed by atoms with E-state index in [9.17, 15) is 9.59 Å². The van der Waals surface area contributed by atoms with Crippen LogP contribution in [-0.2, 0) is 4.79 Å². The van der Waals surface area contributed by atoms with Crippen LogP contribution >= 0.6 is 15.9 Å². The van der Waals surface area contributed by atoms with Crippen LogP contribution in [0.15, 0.2) is 22.7 Å². The van der Waals surface area contributed by atoms with Gasteiger partial charge >= 0.3 is 5.97 Å². The molecule has 6 heteroatoms. The zero-order valence-corrected chi connectivity index (χ0v) is 11.1. The van der Waals surface area contributed by atoms with Crippen molar-refractivity contribution in [3.63, 3.8) is 0 Å². The summed E-state index contributed by atoms with van der Waals surface area (Å²) in [5, 5.41) is 12.1. The first-order valence-electron chi connectivity index (χ1n) is 5.57. The second kappa shape index (κ2) is 4.97. The van der Waals surface area contributed by atoms with Crippen LogP contribution in [-0.4, -0.2) is 23.0 Å². The number of carboxylic acids is 1. The predicted molar refractivity (Wildman–Crippen MR) is 70.4 cm³/mol. The minimum absolute atomic E-state index is 0.127. The number of halogens is 1. The Bertz CT molecular complexity index is 500. The fourth-order valence-corrected chi connectivity index (χ4v) is 2.19. The Kier molecular flexibility index (Phi) is 3.56. The van der Waals surface area contributed by atoms with Gasteiger partial charge < -0.3 is 16.2 Å². The smallest absolute Gasteiger partial charge is 0.326 e. The molecule has 1 saturated carbocycles. The highest BCUT2D eigenvalue weighted by Crippen LogP contribution is 2.35. The molecule has 1 aromatic carbocycles. The minimum atomic E-state index is -0.909. The maximum atomic E-state index is 11.3. The molecule has 18 heavy (non-hydrogen) atoms. The van der Waals surface area contributed by atoms with E-state index in [1.54, 1.807) is 18.2 Å². The lowest BCUT2D eigenvalue weighted by atomic mass is 10.1. The second-order valence-electron chi connectivity index (χ2n) is 4.35. The first-order valence-corrected chi connectivity index (χ1v) is 6.37. The molecule has 0 radical (unpaired) electrons. The number of aliphatic carboxylic acids is 1. The third-order valence-electron chi connectivity index (χ3n) is 2.92. The average molecular weight is 313 g/mol. The van der Waals surface area contributed by atoms with Crippen molar-refractivity contribution in [3.05, 3.63) is 28.2 Å². The standard InChI is InChI=1S/C12H13BrN2O3/c13-7-3-4-8(11(14)16)9(5-7)15-10(12(17)18)6-1-2-6/h3-6,10,15H,1-2H2,(H2,14,16)(H,17,18). The lowest BCUT2D eigenvalue weighted by molar-refractivity contribution is -0.138. The summed E-state index contributed by atoms with van der Waals surface area (Å²) < 4.78 is 0.759. The van der Waals surface area contributed by atoms with Crippen LogP contribution in [0, 0.1) is 5.92 Å². The van der Waals surface area contributed by atoms with Gasteiger partial charge in [-0.3, -0.25) is 4.79 Å². The molecule has 96 valence electrons. The van der Waals surface area contributed by atoms with E-state index in [0.29, 0.717) is 11.3 Å². The summed E-state index contributed by atoms with van der Waals surface area (Å²) in [7, 11) is 0. The summed E-state index contributed by atoms with van der Waals surface area (Å²) >= 11 is 3.29. The van der Waals surface area contributed by atoms with Crippen LogP contribution in [0.5, 0.6) is 0 Å². The summed E-state index contributed by atoms with van der Waals surface area (Å²) in [6.07, 6.45) is 1.79. The number of carbonyl (C=O) groups excluding carboxylic acids is 1. The van der Waals surface area contributed by atoms with Gasteiger partial charge in [0.25, 0.3) is 5.91 Å². The van der Waals surface area contributed by atoms with Gasteiger partial charge in [-0.05, 0) is 37.0 Å². The van der Waals surface area contributed by atoms with Gasteiger partial charge in [-0.1, -0.05) is 15.9 Å². The van der Waals surface area contributed by atoms with Crippen LogP contribution in [0.2, 0.25) is 0 Å². The van der Waals surface area contributed by atoms with Crippen molar-refractivity contribution in [2.75, 3.05) is 5.32 Å². The summed E-state index contributed by atoms with van der Waals surface area (Å²) in [5.41, 5.74) is 6.02. The topological polar surface area (TPSA) is 92.4 Å². The van der Waals surface area contributed by atoms with Gasteiger partial charge in [-0.25, -0.2) is 4.79 Å². The largest absolute Gasteiger partial charge is 0.480 e. The number of benzene rings is 1. The van der Waals surface area contributed by atoms with E-state index in [2.05, 4.69) is 21.2 Å². The highest BCUT2D eigenvalue weighted by Gasteiger charge is 2.36. The Morgan fingerprint density at radius 3 is 2.61 bits per heavy atom. The molecule has 0 heterocycles. The first-order chi connectivity index (χ1) is 8.49. The fourth-order valence-electron chi connectivity index (χ4n) is 1.83. The third kappa shape index (κ3) is 2.81. The molecule has 1 fully saturated rings. The van der Waals surface area contributed by atoms with Crippen LogP contribution in [0.3, 0.4) is 0 Å². The van der Waals surface area contributed by atoms with Gasteiger partial charge in [0.2, 0.25) is 0 Å². The molecule has 0 aromatic heterocycles. The molecule has 1 aliphatic carbocycles. The zero-order chi connectivity index (χ0) is 13.3. The fraction of sp³-hybridized carbons (Fsp3) is 0.333. The van der Waals surface area contributed by atoms with Crippen LogP contribution < -0.4 is 11.1 Å². The summed E-state index contributed by atoms with van der Waals surface area (Å²) in [6.45, 7) is 0. The Balaban J connectivity index is 2.28. The average Bonchev–Trinajstić information content (AvgIpc) is 3.08. The van der Waals surface area contributed by atoms with Gasteiger partial charge in [0.1, 0.15) is 6.04 Å². The highest BCUT2D eigenvalue weighted by atomic mass is 79.9. The van der Waals surface area contributed by atoms with Crippen LogP contribution in [0.1, 0.15) is 23.2 Å². The molecular weight excluding hydrogens is 300 g/mol. The number of carbonyl (C=O) groups is 2. The Hall–Kier alpha value is -1.56. The Morgan fingerprint density at radius 1 is 1.44 bits per heavy atom. The SMILES string of the molecule is NC(=O)c1ccc(Br)cc1NC(C(=O)O)C1CC1. The summed E-state index contributed by atoms with van der Waals surface area (Å²) in [6, 6.07) is 4.26. The van der Waals surface area contributed by atoms with E-state index in [1.807, 2.05) is 0 Å². The van der Waals surface area contributed by atoms with Gasteiger partial charge in [0.05, 0.1) is 5.56 Å². The minimum Gasteiger partial charge on any atom is -0.480 e. The Labute approximate surface area is 112 Å². The van der Waals surface area contributed by atoms with E-state index in [0.717, 1.165) is 17.3 Å². The van der Waals surface area contributed by atoms with E-state index < -0.39 is 17.9 Å². The molecule has 1 unspecified atom stereocenters. The number of nitrogens with one attached hydrogen (secondary N) is 1. The van der Waals surface area contributed by atoms with Crippen LogP contribution in [0.25, 0.3) is 0 Å². The summed E-state index contributed by atoms with van der Waals surface area (Å²) in [4.78, 5) is 22.5. The third-order valence-corrected chi connectivity index (χ3v) is 3.41. The maximum Gasteiger partial charge on any atom is 0.326 e. The van der Waals surface area contributed by atoms with Crippen molar-refractivity contribution in [1.82, 2.24) is 0 Å². The number of hydrogen-bond acceptors (Lipinski definition) is 3. The highest BCUT2D eigenvalue weighted by molar-refractivity contribution is 9.10. The molecule has 1 amide bonds. The van der Waals surface area contributed by atoms with Crippen molar-refractivity contribution >= 4 is 33.5 Å². The van der Waals surface area contributed by atoms with Crippen molar-refractivity contribution in [1.29, 1.82) is 0 Å². The van der Waals surface area contributed by atoms with Crippen molar-refractivity contribution in [2.45, 2.75) is 18.9 Å². The van der Waals surface area contributed by atoms with Crippen LogP contribution in [0.4, 0.5) is 5.69 Å². The number of carboxylic acid groups (broad SMARTS) is 1. The number of anilines is 1. The van der Waals surface area contributed by atoms with Gasteiger partial charge in [-0.15, -0.1) is 0 Å². The van der Waals surface area contributed by atoms with E-state index >= 15 is 0 Å². The number of amides is 1. The molecule has 5 nitrogen and oxygen atoms in total. The van der Waals surface area contributed by atoms with Crippen molar-refractivity contribution < 1.29 is 14.7 Å². The molecule has 1 atom stereocenters. The van der Waals surface area contributed by atoms with E-state index in [4.69, 9.17) is 10.8 Å². The number of rotatable bonds is 5. The van der Waals surface area contributed by atoms with Crippen molar-refractivity contribution in [3.8, 4) is 0 Å². The molecule has 0 spiro atoms. The van der Waals surface area contributed by atoms with Gasteiger partial charge in [0, 0.05) is 10.2 Å². The normalized spacial score (nSPS) is 16.1. The predicted octanol–water partition coefficient (Wildman–Crippen LogP) is 1.82. The molecule has 4 N–H and O–H groups in total. The molecule has 0 saturated heterocycles. The van der Waals surface area contributed by atoms with E-state index in [-0.39, 0.29) is 5.92 Å². The molecule has 0 aliphatic heterocycles. The zero-order valence-electron chi connectivity index (χ0n) is 9.52. The maximum absolute atomic E-state index is 11.3. The second-order valence-corrected chi connectivity index (χ2v) is 5.27. The molecule has 0 bridgehead atoms. The Morgan fingerprint density at radius 2 is 2.11 bits per heavy atom. The number of primary amides is 1. The first kappa shape index (κ1) is 12.9. The molecule has 1 aromatic rings. The molecular formula is C12H13BrN2O3. The number of hydrogen-bond donors (Lipinski definition) is 3. The lowest BCUT2D eigenvalue weighted by Crippen LogP contribution is -2.32. The quantitative estimate of drug-likeness (QED) is 0.773. The van der Waals surface area contributed by atoms with Gasteiger partial charge in [-0.2, -0.15) is 0 Å². The molecule has 1 aliphatic rings. The van der Waals surface area contributed by atoms with Crippen molar-refractivity contribution in [2.24, 2.45) is 11.7 Å². The monoisotopic (exact) mass is 312 g/mol. The van der Waals surface area contributed by atoms with E-state index in [1.165, 1.54) is 0 Å².